The minimum absolute atomic E-state index is 0.140. The summed E-state index contributed by atoms with van der Waals surface area (Å²) in [7, 11) is 0. The number of hydrogen-bond donors (Lipinski definition) is 1. The molecule has 1 unspecified atom stereocenters. The van der Waals surface area contributed by atoms with E-state index in [-0.39, 0.29) is 13.0 Å². The number of nitrogens with one attached hydrogen (secondary N) is 1. The molecule has 7 heteroatoms. The number of urea groups is 1. The Kier molecular flexibility index (Phi) is 5.54. The third-order valence-corrected chi connectivity index (χ3v) is 4.44. The lowest BCUT2D eigenvalue weighted by Gasteiger charge is -2.19. The van der Waals surface area contributed by atoms with E-state index in [1.807, 2.05) is 19.1 Å². The third kappa shape index (κ3) is 3.93. The summed E-state index contributed by atoms with van der Waals surface area (Å²) in [6.07, 6.45) is 1.30. The maximum atomic E-state index is 13.0. The first kappa shape index (κ1) is 19.3. The van der Waals surface area contributed by atoms with Crippen LogP contribution in [0.1, 0.15) is 12.0 Å². The Hall–Kier alpha value is -3.48. The van der Waals surface area contributed by atoms with Gasteiger partial charge in [0.15, 0.2) is 0 Å². The van der Waals surface area contributed by atoms with Crippen molar-refractivity contribution in [1.82, 2.24) is 4.90 Å². The second-order valence-corrected chi connectivity index (χ2v) is 6.51. The van der Waals surface area contributed by atoms with Gasteiger partial charge in [-0.05, 0) is 43.3 Å². The smallest absolute Gasteiger partial charge is 0.326 e. The Balaban J connectivity index is 1.79. The van der Waals surface area contributed by atoms with Gasteiger partial charge in [0.05, 0.1) is 12.1 Å². The fourth-order valence-electron chi connectivity index (χ4n) is 3.03. The number of rotatable bonds is 6. The second-order valence-electron chi connectivity index (χ2n) is 6.51. The molecule has 1 atom stereocenters. The van der Waals surface area contributed by atoms with Crippen LogP contribution < -0.4 is 10.2 Å². The van der Waals surface area contributed by atoms with Crippen LogP contribution in [0.4, 0.5) is 20.6 Å². The number of amides is 4. The Morgan fingerprint density at radius 2 is 1.79 bits per heavy atom. The highest BCUT2D eigenvalue weighted by molar-refractivity contribution is 6.22. The van der Waals surface area contributed by atoms with E-state index >= 15 is 0 Å². The molecule has 0 radical (unpaired) electrons. The summed E-state index contributed by atoms with van der Waals surface area (Å²) >= 11 is 0. The largest absolute Gasteiger partial charge is 0.332 e. The summed E-state index contributed by atoms with van der Waals surface area (Å²) < 4.78 is 13.0. The zero-order valence-electron chi connectivity index (χ0n) is 15.4. The standard InChI is InChI=1S/C21H20FN3O3/c1-3-12-24-18(13-19(26)23-16-8-6-15(22)7-9-16)20(27)25(21(24)28)17-10-4-14(2)5-11-17/h3-11,18H,1,12-13H2,2H3,(H,23,26). The zero-order valence-corrected chi connectivity index (χ0v) is 15.4. The Labute approximate surface area is 162 Å². The first-order valence-electron chi connectivity index (χ1n) is 8.78. The molecule has 2 aromatic rings. The number of halogens is 1. The van der Waals surface area contributed by atoms with E-state index in [4.69, 9.17) is 0 Å². The minimum atomic E-state index is -0.938. The average molecular weight is 381 g/mol. The summed E-state index contributed by atoms with van der Waals surface area (Å²) in [4.78, 5) is 40.5. The summed E-state index contributed by atoms with van der Waals surface area (Å²) in [6, 6.07) is 10.9. The number of aryl methyl sites for hydroxylation is 1. The van der Waals surface area contributed by atoms with Crippen molar-refractivity contribution in [2.24, 2.45) is 0 Å². The molecule has 0 aliphatic carbocycles. The Bertz CT molecular complexity index is 909. The van der Waals surface area contributed by atoms with Crippen molar-refractivity contribution < 1.29 is 18.8 Å². The fourth-order valence-corrected chi connectivity index (χ4v) is 3.03. The molecule has 144 valence electrons. The number of imide groups is 1. The molecule has 3 rings (SSSR count). The summed E-state index contributed by atoms with van der Waals surface area (Å²) in [5, 5.41) is 2.62. The van der Waals surface area contributed by atoms with Gasteiger partial charge in [0, 0.05) is 12.2 Å². The maximum Gasteiger partial charge on any atom is 0.332 e. The number of anilines is 2. The maximum absolute atomic E-state index is 13.0. The molecule has 1 aliphatic rings. The van der Waals surface area contributed by atoms with Gasteiger partial charge in [-0.25, -0.2) is 14.1 Å². The molecule has 2 aromatic carbocycles. The molecule has 1 fully saturated rings. The lowest BCUT2D eigenvalue weighted by Crippen LogP contribution is -2.38. The van der Waals surface area contributed by atoms with Crippen LogP contribution in [-0.4, -0.2) is 35.3 Å². The SMILES string of the molecule is C=CCN1C(=O)N(c2ccc(C)cc2)C(=O)C1CC(=O)Nc1ccc(F)cc1. The first-order chi connectivity index (χ1) is 13.4. The van der Waals surface area contributed by atoms with Gasteiger partial charge in [0.2, 0.25) is 5.91 Å². The highest BCUT2D eigenvalue weighted by Gasteiger charge is 2.46. The molecular weight excluding hydrogens is 361 g/mol. The summed E-state index contributed by atoms with van der Waals surface area (Å²) in [6.45, 7) is 5.67. The van der Waals surface area contributed by atoms with Crippen LogP contribution in [0, 0.1) is 12.7 Å². The van der Waals surface area contributed by atoms with Crippen molar-refractivity contribution in [3.8, 4) is 0 Å². The Morgan fingerprint density at radius 1 is 1.14 bits per heavy atom. The van der Waals surface area contributed by atoms with Crippen LogP contribution in [-0.2, 0) is 9.59 Å². The van der Waals surface area contributed by atoms with Gasteiger partial charge in [-0.2, -0.15) is 0 Å². The molecule has 0 spiro atoms. The van der Waals surface area contributed by atoms with Gasteiger partial charge in [-0.15, -0.1) is 6.58 Å². The summed E-state index contributed by atoms with van der Waals surface area (Å²) in [5.74, 6) is -1.33. The molecule has 28 heavy (non-hydrogen) atoms. The normalized spacial score (nSPS) is 16.4. The quantitative estimate of drug-likeness (QED) is 0.615. The predicted octanol–water partition coefficient (Wildman–Crippen LogP) is 3.49. The van der Waals surface area contributed by atoms with Crippen molar-refractivity contribution in [3.05, 3.63) is 72.6 Å². The number of hydrogen-bond acceptors (Lipinski definition) is 3. The van der Waals surface area contributed by atoms with Gasteiger partial charge >= 0.3 is 6.03 Å². The molecule has 0 bridgehead atoms. The lowest BCUT2D eigenvalue weighted by atomic mass is 10.1. The predicted molar refractivity (Wildman–Crippen MR) is 104 cm³/mol. The zero-order chi connectivity index (χ0) is 20.3. The van der Waals surface area contributed by atoms with Crippen LogP contribution in [0.3, 0.4) is 0 Å². The topological polar surface area (TPSA) is 69.7 Å². The van der Waals surface area contributed by atoms with Gasteiger partial charge in [0.1, 0.15) is 11.9 Å². The molecule has 1 aliphatic heterocycles. The van der Waals surface area contributed by atoms with Crippen LogP contribution in [0.25, 0.3) is 0 Å². The molecule has 0 saturated carbocycles. The van der Waals surface area contributed by atoms with E-state index in [1.165, 1.54) is 35.2 Å². The summed E-state index contributed by atoms with van der Waals surface area (Å²) in [5.41, 5.74) is 1.87. The molecular formula is C21H20FN3O3. The van der Waals surface area contributed by atoms with E-state index in [9.17, 15) is 18.8 Å². The van der Waals surface area contributed by atoms with Crippen LogP contribution in [0.2, 0.25) is 0 Å². The van der Waals surface area contributed by atoms with E-state index in [1.54, 1.807) is 12.1 Å². The van der Waals surface area contributed by atoms with Gasteiger partial charge in [0.25, 0.3) is 5.91 Å². The van der Waals surface area contributed by atoms with Gasteiger partial charge < -0.3 is 10.2 Å². The first-order valence-corrected chi connectivity index (χ1v) is 8.78. The highest BCUT2D eigenvalue weighted by Crippen LogP contribution is 2.27. The van der Waals surface area contributed by atoms with E-state index in [2.05, 4.69) is 11.9 Å². The van der Waals surface area contributed by atoms with Crippen LogP contribution in [0.5, 0.6) is 0 Å². The van der Waals surface area contributed by atoms with Crippen LogP contribution >= 0.6 is 0 Å². The van der Waals surface area contributed by atoms with Crippen molar-refractivity contribution in [3.63, 3.8) is 0 Å². The molecule has 4 amide bonds. The number of nitrogens with zero attached hydrogens (tertiary/aromatic N) is 2. The molecule has 1 saturated heterocycles. The van der Waals surface area contributed by atoms with E-state index in [0.29, 0.717) is 11.4 Å². The monoisotopic (exact) mass is 381 g/mol. The molecule has 1 heterocycles. The van der Waals surface area contributed by atoms with Gasteiger partial charge in [-0.1, -0.05) is 23.8 Å². The van der Waals surface area contributed by atoms with Crippen molar-refractivity contribution in [1.29, 1.82) is 0 Å². The number of carbonyl (C=O) groups is 3. The molecule has 6 nitrogen and oxygen atoms in total. The molecule has 1 N–H and O–H groups in total. The third-order valence-electron chi connectivity index (χ3n) is 4.44. The number of benzene rings is 2. The van der Waals surface area contributed by atoms with Crippen LogP contribution in [0.15, 0.2) is 61.2 Å². The van der Waals surface area contributed by atoms with E-state index < -0.39 is 29.7 Å². The molecule has 0 aromatic heterocycles. The number of carbonyl (C=O) groups excluding carboxylic acids is 3. The van der Waals surface area contributed by atoms with Crippen molar-refractivity contribution in [2.75, 3.05) is 16.8 Å². The second kappa shape index (κ2) is 8.04. The van der Waals surface area contributed by atoms with Gasteiger partial charge in [-0.3, -0.25) is 9.59 Å². The minimum Gasteiger partial charge on any atom is -0.326 e. The van der Waals surface area contributed by atoms with Crippen molar-refractivity contribution >= 4 is 29.2 Å². The fraction of sp³-hybridized carbons (Fsp3) is 0.190. The average Bonchev–Trinajstić information content (AvgIpc) is 2.89. The van der Waals surface area contributed by atoms with Crippen molar-refractivity contribution in [2.45, 2.75) is 19.4 Å². The Morgan fingerprint density at radius 3 is 2.39 bits per heavy atom. The highest BCUT2D eigenvalue weighted by atomic mass is 19.1. The lowest BCUT2D eigenvalue weighted by molar-refractivity contribution is -0.124. The van der Waals surface area contributed by atoms with E-state index in [0.717, 1.165) is 10.5 Å².